The van der Waals surface area contributed by atoms with Crippen LogP contribution < -0.4 is 5.32 Å². The van der Waals surface area contributed by atoms with Crippen molar-refractivity contribution in [2.45, 2.75) is 20.3 Å². The van der Waals surface area contributed by atoms with Crippen molar-refractivity contribution in [1.82, 2.24) is 4.90 Å². The van der Waals surface area contributed by atoms with Gasteiger partial charge in [-0.2, -0.15) is 0 Å². The van der Waals surface area contributed by atoms with Crippen LogP contribution in [0.3, 0.4) is 0 Å². The number of rotatable bonds is 1. The molecule has 2 nitrogen and oxygen atoms in total. The standard InChI is InChI=1S/C14H19ClN2S/c1-10-7-11(2)9-17(8-10)14(18)16-13-6-4-3-5-12(13)15/h3-6,10-11H,7-9H2,1-2H3,(H,16,18). The first-order chi connectivity index (χ1) is 8.56. The van der Waals surface area contributed by atoms with E-state index in [1.54, 1.807) is 0 Å². The molecule has 2 atom stereocenters. The number of piperidine rings is 1. The van der Waals surface area contributed by atoms with Gasteiger partial charge in [-0.1, -0.05) is 37.6 Å². The molecule has 1 aromatic rings. The zero-order valence-electron chi connectivity index (χ0n) is 10.8. The van der Waals surface area contributed by atoms with Crippen LogP contribution in [0.5, 0.6) is 0 Å². The lowest BCUT2D eigenvalue weighted by Crippen LogP contribution is -2.44. The first-order valence-corrected chi connectivity index (χ1v) is 7.15. The summed E-state index contributed by atoms with van der Waals surface area (Å²) in [5, 5.41) is 4.73. The van der Waals surface area contributed by atoms with Gasteiger partial charge in [0.1, 0.15) is 0 Å². The topological polar surface area (TPSA) is 15.3 Å². The number of nitrogens with one attached hydrogen (secondary N) is 1. The third-order valence-electron chi connectivity index (χ3n) is 3.27. The minimum absolute atomic E-state index is 0.694. The fraction of sp³-hybridized carbons (Fsp3) is 0.500. The molecule has 2 rings (SSSR count). The molecule has 1 aliphatic heterocycles. The maximum Gasteiger partial charge on any atom is 0.173 e. The van der Waals surface area contributed by atoms with Gasteiger partial charge >= 0.3 is 0 Å². The highest BCUT2D eigenvalue weighted by atomic mass is 35.5. The Morgan fingerprint density at radius 1 is 1.28 bits per heavy atom. The Balaban J connectivity index is 2.02. The summed E-state index contributed by atoms with van der Waals surface area (Å²) in [4.78, 5) is 2.25. The van der Waals surface area contributed by atoms with E-state index in [9.17, 15) is 0 Å². The molecule has 1 aliphatic rings. The lowest BCUT2D eigenvalue weighted by atomic mass is 9.92. The summed E-state index contributed by atoms with van der Waals surface area (Å²) in [5.74, 6) is 1.39. The predicted octanol–water partition coefficient (Wildman–Crippen LogP) is 4.01. The fourth-order valence-corrected chi connectivity index (χ4v) is 3.03. The van der Waals surface area contributed by atoms with Crippen LogP contribution in [0.25, 0.3) is 0 Å². The number of benzene rings is 1. The van der Waals surface area contributed by atoms with Crippen LogP contribution in [0.4, 0.5) is 5.69 Å². The number of anilines is 1. The molecule has 98 valence electrons. The van der Waals surface area contributed by atoms with Crippen LogP contribution in [0, 0.1) is 11.8 Å². The van der Waals surface area contributed by atoms with Gasteiger partial charge in [0, 0.05) is 13.1 Å². The summed E-state index contributed by atoms with van der Waals surface area (Å²) < 4.78 is 0. The second kappa shape index (κ2) is 5.89. The first-order valence-electron chi connectivity index (χ1n) is 6.36. The molecule has 0 saturated carbocycles. The smallest absolute Gasteiger partial charge is 0.173 e. The zero-order chi connectivity index (χ0) is 13.1. The maximum atomic E-state index is 6.12. The van der Waals surface area contributed by atoms with E-state index >= 15 is 0 Å². The molecule has 0 radical (unpaired) electrons. The molecule has 1 aromatic carbocycles. The van der Waals surface area contributed by atoms with Gasteiger partial charge in [-0.05, 0) is 42.6 Å². The normalized spacial score (nSPS) is 23.8. The van der Waals surface area contributed by atoms with Gasteiger partial charge in [0.15, 0.2) is 5.11 Å². The van der Waals surface area contributed by atoms with Crippen LogP contribution in [0.15, 0.2) is 24.3 Å². The lowest BCUT2D eigenvalue weighted by Gasteiger charge is -2.36. The van der Waals surface area contributed by atoms with Crippen molar-refractivity contribution in [2.75, 3.05) is 18.4 Å². The van der Waals surface area contributed by atoms with E-state index in [0.29, 0.717) is 16.9 Å². The summed E-state index contributed by atoms with van der Waals surface area (Å²) in [6.45, 7) is 6.61. The number of likely N-dealkylation sites (tertiary alicyclic amines) is 1. The third kappa shape index (κ3) is 3.36. The molecular formula is C14H19ClN2S. The average molecular weight is 283 g/mol. The summed E-state index contributed by atoms with van der Waals surface area (Å²) in [6.07, 6.45) is 1.28. The number of hydrogen-bond donors (Lipinski definition) is 1. The van der Waals surface area contributed by atoms with Crippen LogP contribution >= 0.6 is 23.8 Å². The van der Waals surface area contributed by atoms with Crippen molar-refractivity contribution >= 4 is 34.6 Å². The second-order valence-electron chi connectivity index (χ2n) is 5.26. The van der Waals surface area contributed by atoms with E-state index in [0.717, 1.165) is 23.9 Å². The maximum absolute atomic E-state index is 6.12. The first kappa shape index (κ1) is 13.6. The van der Waals surface area contributed by atoms with Crippen molar-refractivity contribution in [3.8, 4) is 0 Å². The molecule has 0 aromatic heterocycles. The van der Waals surface area contributed by atoms with E-state index in [4.69, 9.17) is 23.8 Å². The summed E-state index contributed by atoms with van der Waals surface area (Å²) in [6, 6.07) is 7.69. The van der Waals surface area contributed by atoms with Gasteiger partial charge < -0.3 is 10.2 Å². The number of halogens is 1. The van der Waals surface area contributed by atoms with Crippen molar-refractivity contribution < 1.29 is 0 Å². The van der Waals surface area contributed by atoms with Gasteiger partial charge in [-0.15, -0.1) is 0 Å². The monoisotopic (exact) mass is 282 g/mol. The molecule has 0 spiro atoms. The Labute approximate surface area is 119 Å². The molecule has 1 saturated heterocycles. The zero-order valence-corrected chi connectivity index (χ0v) is 12.4. The highest BCUT2D eigenvalue weighted by Crippen LogP contribution is 2.24. The Morgan fingerprint density at radius 3 is 2.50 bits per heavy atom. The van der Waals surface area contributed by atoms with E-state index in [1.807, 2.05) is 24.3 Å². The summed E-state index contributed by atoms with van der Waals surface area (Å²) >= 11 is 11.6. The van der Waals surface area contributed by atoms with Crippen molar-refractivity contribution in [1.29, 1.82) is 0 Å². The molecule has 0 bridgehead atoms. The Kier molecular flexibility index (Phi) is 4.46. The second-order valence-corrected chi connectivity index (χ2v) is 6.05. The van der Waals surface area contributed by atoms with Gasteiger partial charge in [0.05, 0.1) is 10.7 Å². The van der Waals surface area contributed by atoms with E-state index in [1.165, 1.54) is 6.42 Å². The molecular weight excluding hydrogens is 264 g/mol. The SMILES string of the molecule is CC1CC(C)CN(C(=S)Nc2ccccc2Cl)C1. The van der Waals surface area contributed by atoms with Gasteiger partial charge in [0.2, 0.25) is 0 Å². The average Bonchev–Trinajstić information content (AvgIpc) is 2.31. The van der Waals surface area contributed by atoms with Gasteiger partial charge in [-0.25, -0.2) is 0 Å². The quantitative estimate of drug-likeness (QED) is 0.784. The van der Waals surface area contributed by atoms with Crippen molar-refractivity contribution in [3.63, 3.8) is 0 Å². The molecule has 0 amide bonds. The van der Waals surface area contributed by atoms with Crippen LogP contribution in [-0.2, 0) is 0 Å². The van der Waals surface area contributed by atoms with Crippen LogP contribution in [0.2, 0.25) is 5.02 Å². The molecule has 0 aliphatic carbocycles. The molecule has 1 heterocycles. The minimum atomic E-state index is 0.694. The summed E-state index contributed by atoms with van der Waals surface area (Å²) in [7, 11) is 0. The summed E-state index contributed by atoms with van der Waals surface area (Å²) in [5.41, 5.74) is 0.884. The van der Waals surface area contributed by atoms with Crippen LogP contribution in [-0.4, -0.2) is 23.1 Å². The molecule has 2 unspecified atom stereocenters. The van der Waals surface area contributed by atoms with Crippen molar-refractivity contribution in [3.05, 3.63) is 29.3 Å². The van der Waals surface area contributed by atoms with E-state index < -0.39 is 0 Å². The fourth-order valence-electron chi connectivity index (χ4n) is 2.59. The van der Waals surface area contributed by atoms with Gasteiger partial charge in [-0.3, -0.25) is 0 Å². The number of hydrogen-bond acceptors (Lipinski definition) is 1. The predicted molar refractivity (Wildman–Crippen MR) is 82.2 cm³/mol. The largest absolute Gasteiger partial charge is 0.348 e. The highest BCUT2D eigenvalue weighted by Gasteiger charge is 2.23. The number of para-hydroxylation sites is 1. The van der Waals surface area contributed by atoms with Crippen molar-refractivity contribution in [2.24, 2.45) is 11.8 Å². The van der Waals surface area contributed by atoms with Gasteiger partial charge in [0.25, 0.3) is 0 Å². The Hall–Kier alpha value is -0.800. The molecule has 18 heavy (non-hydrogen) atoms. The Morgan fingerprint density at radius 2 is 1.89 bits per heavy atom. The van der Waals surface area contributed by atoms with E-state index in [-0.39, 0.29) is 0 Å². The molecule has 1 fully saturated rings. The minimum Gasteiger partial charge on any atom is -0.348 e. The lowest BCUT2D eigenvalue weighted by molar-refractivity contribution is 0.216. The highest BCUT2D eigenvalue weighted by molar-refractivity contribution is 7.80. The third-order valence-corrected chi connectivity index (χ3v) is 3.96. The number of nitrogens with zero attached hydrogens (tertiary/aromatic N) is 1. The van der Waals surface area contributed by atoms with E-state index in [2.05, 4.69) is 24.1 Å². The Bertz CT molecular complexity index is 426. The number of thiocarbonyl (C=S) groups is 1. The molecule has 4 heteroatoms. The van der Waals surface area contributed by atoms with Crippen LogP contribution in [0.1, 0.15) is 20.3 Å². The molecule has 1 N–H and O–H groups in total.